The summed E-state index contributed by atoms with van der Waals surface area (Å²) >= 11 is 1.53. The second kappa shape index (κ2) is 7.56. The van der Waals surface area contributed by atoms with Gasteiger partial charge >= 0.3 is 0 Å². The Morgan fingerprint density at radius 1 is 1.06 bits per heavy atom. The zero-order valence-corrected chi connectivity index (χ0v) is 17.6. The molecule has 1 unspecified atom stereocenters. The number of Topliss-reactive ketones (excluding diaryl/α,β-unsaturated/α-hetero) is 1. The monoisotopic (exact) mass is 428 g/mol. The van der Waals surface area contributed by atoms with Crippen molar-refractivity contribution in [3.8, 4) is 0 Å². The van der Waals surface area contributed by atoms with E-state index in [1.165, 1.54) is 11.3 Å². The number of fused-ring (bicyclic) bond motifs is 1. The number of aryl methyl sites for hydroxylation is 1. The lowest BCUT2D eigenvalue weighted by molar-refractivity contribution is -0.140. The number of aliphatic hydroxyl groups excluding tert-OH is 1. The Balaban J connectivity index is 1.72. The molecule has 4 aromatic rings. The number of nitrogens with zero attached hydrogens (tertiary/aromatic N) is 1. The summed E-state index contributed by atoms with van der Waals surface area (Å²) < 4.78 is 0. The number of aliphatic hydroxyl groups is 1. The van der Waals surface area contributed by atoms with Gasteiger partial charge in [-0.1, -0.05) is 48.5 Å². The SMILES string of the molecule is Cc1ccccc1C1/C(=C(\O)c2c[nH]c3ccccc23)C(=O)C(=O)N1Cc1cccs1. The minimum atomic E-state index is -0.660. The summed E-state index contributed by atoms with van der Waals surface area (Å²) in [6.07, 6.45) is 1.68. The number of amides is 1. The Hall–Kier alpha value is -3.64. The van der Waals surface area contributed by atoms with Gasteiger partial charge in [0.15, 0.2) is 0 Å². The zero-order valence-electron chi connectivity index (χ0n) is 16.8. The van der Waals surface area contributed by atoms with Crippen LogP contribution >= 0.6 is 11.3 Å². The third-order valence-electron chi connectivity index (χ3n) is 5.77. The molecule has 5 rings (SSSR count). The fourth-order valence-electron chi connectivity index (χ4n) is 4.24. The number of nitrogens with one attached hydrogen (secondary N) is 1. The highest BCUT2D eigenvalue weighted by atomic mass is 32.1. The molecule has 2 aromatic carbocycles. The number of aromatic nitrogens is 1. The van der Waals surface area contributed by atoms with Crippen molar-refractivity contribution < 1.29 is 14.7 Å². The van der Waals surface area contributed by atoms with Crippen LogP contribution < -0.4 is 0 Å². The fourth-order valence-corrected chi connectivity index (χ4v) is 4.95. The number of benzene rings is 2. The number of hydrogen-bond acceptors (Lipinski definition) is 4. The summed E-state index contributed by atoms with van der Waals surface area (Å²) in [7, 11) is 0. The minimum absolute atomic E-state index is 0.126. The maximum absolute atomic E-state index is 13.2. The van der Waals surface area contributed by atoms with Crippen molar-refractivity contribution in [3.63, 3.8) is 0 Å². The van der Waals surface area contributed by atoms with Crippen molar-refractivity contribution >= 4 is 39.7 Å². The van der Waals surface area contributed by atoms with E-state index in [4.69, 9.17) is 0 Å². The molecular weight excluding hydrogens is 408 g/mol. The van der Waals surface area contributed by atoms with Gasteiger partial charge in [0.25, 0.3) is 11.7 Å². The first-order valence-corrected chi connectivity index (χ1v) is 10.9. The first-order valence-electron chi connectivity index (χ1n) is 9.99. The smallest absolute Gasteiger partial charge is 0.295 e. The highest BCUT2D eigenvalue weighted by Gasteiger charge is 2.46. The molecule has 0 aliphatic carbocycles. The molecule has 0 saturated carbocycles. The number of para-hydroxylation sites is 1. The largest absolute Gasteiger partial charge is 0.507 e. The van der Waals surface area contributed by atoms with E-state index in [-0.39, 0.29) is 11.3 Å². The van der Waals surface area contributed by atoms with E-state index in [1.54, 1.807) is 11.1 Å². The van der Waals surface area contributed by atoms with Gasteiger partial charge in [0, 0.05) is 27.5 Å². The highest BCUT2D eigenvalue weighted by molar-refractivity contribution is 7.09. The van der Waals surface area contributed by atoms with Crippen LogP contribution in [0.15, 0.2) is 77.8 Å². The molecular formula is C25H20N2O3S. The van der Waals surface area contributed by atoms with Gasteiger partial charge in [0.2, 0.25) is 0 Å². The topological polar surface area (TPSA) is 73.4 Å². The predicted molar refractivity (Wildman–Crippen MR) is 122 cm³/mol. The molecule has 6 heteroatoms. The van der Waals surface area contributed by atoms with Crippen molar-refractivity contribution in [1.82, 2.24) is 9.88 Å². The quantitative estimate of drug-likeness (QED) is 0.268. The lowest BCUT2D eigenvalue weighted by Gasteiger charge is -2.26. The Labute approximate surface area is 183 Å². The average molecular weight is 429 g/mol. The van der Waals surface area contributed by atoms with Crippen LogP contribution in [-0.2, 0) is 16.1 Å². The standard InChI is InChI=1S/C25H20N2O3S/c1-15-7-2-3-9-17(15)22-21(23(28)19-13-26-20-11-5-4-10-18(19)20)24(29)25(30)27(22)14-16-8-6-12-31-16/h2-13,22,26,28H,14H2,1H3/b23-21+. The molecule has 2 N–H and O–H groups in total. The van der Waals surface area contributed by atoms with Gasteiger partial charge in [-0.15, -0.1) is 11.3 Å². The molecule has 3 heterocycles. The Kier molecular flexibility index (Phi) is 4.71. The third-order valence-corrected chi connectivity index (χ3v) is 6.63. The van der Waals surface area contributed by atoms with Crippen LogP contribution in [0.1, 0.15) is 27.6 Å². The number of carbonyl (C=O) groups excluding carboxylic acids is 2. The minimum Gasteiger partial charge on any atom is -0.507 e. The number of thiophene rings is 1. The van der Waals surface area contributed by atoms with Crippen molar-refractivity contribution in [1.29, 1.82) is 0 Å². The van der Waals surface area contributed by atoms with Gasteiger partial charge in [-0.25, -0.2) is 0 Å². The summed E-state index contributed by atoms with van der Waals surface area (Å²) in [5.41, 5.74) is 3.28. The van der Waals surface area contributed by atoms with Gasteiger partial charge in [0.05, 0.1) is 18.2 Å². The second-order valence-corrected chi connectivity index (χ2v) is 8.64. The van der Waals surface area contributed by atoms with Crippen LogP contribution in [-0.4, -0.2) is 26.7 Å². The summed E-state index contributed by atoms with van der Waals surface area (Å²) in [5.74, 6) is -1.41. The Morgan fingerprint density at radius 3 is 2.61 bits per heavy atom. The number of ketones is 1. The van der Waals surface area contributed by atoms with Crippen LogP contribution in [0.25, 0.3) is 16.7 Å². The Morgan fingerprint density at radius 2 is 1.84 bits per heavy atom. The molecule has 1 saturated heterocycles. The van der Waals surface area contributed by atoms with Crippen LogP contribution in [0.3, 0.4) is 0 Å². The molecule has 2 aromatic heterocycles. The second-order valence-electron chi connectivity index (χ2n) is 7.61. The normalized spacial score (nSPS) is 18.2. The molecule has 1 atom stereocenters. The molecule has 0 radical (unpaired) electrons. The maximum Gasteiger partial charge on any atom is 0.295 e. The zero-order chi connectivity index (χ0) is 21.5. The van der Waals surface area contributed by atoms with E-state index < -0.39 is 17.7 Å². The number of aromatic amines is 1. The van der Waals surface area contributed by atoms with Gasteiger partial charge < -0.3 is 15.0 Å². The number of rotatable bonds is 4. The van der Waals surface area contributed by atoms with Gasteiger partial charge in [-0.3, -0.25) is 9.59 Å². The van der Waals surface area contributed by atoms with Crippen molar-refractivity contribution in [2.75, 3.05) is 0 Å². The number of carbonyl (C=O) groups is 2. The summed E-state index contributed by atoms with van der Waals surface area (Å²) in [6.45, 7) is 2.26. The van der Waals surface area contributed by atoms with Crippen molar-refractivity contribution in [3.05, 3.63) is 99.4 Å². The first-order chi connectivity index (χ1) is 15.1. The number of likely N-dealkylation sites (tertiary alicyclic amines) is 1. The van der Waals surface area contributed by atoms with Crippen molar-refractivity contribution in [2.24, 2.45) is 0 Å². The van der Waals surface area contributed by atoms with E-state index in [9.17, 15) is 14.7 Å². The molecule has 1 amide bonds. The predicted octanol–water partition coefficient (Wildman–Crippen LogP) is 5.16. The molecule has 1 aliphatic heterocycles. The van der Waals surface area contributed by atoms with Crippen LogP contribution in [0.4, 0.5) is 0 Å². The summed E-state index contributed by atoms with van der Waals surface area (Å²) in [4.78, 5) is 32.0. The van der Waals surface area contributed by atoms with Gasteiger partial charge in [-0.05, 0) is 35.6 Å². The molecule has 31 heavy (non-hydrogen) atoms. The molecule has 5 nitrogen and oxygen atoms in total. The van der Waals surface area contributed by atoms with Gasteiger partial charge in [0.1, 0.15) is 5.76 Å². The van der Waals surface area contributed by atoms with Crippen LogP contribution in [0.2, 0.25) is 0 Å². The van der Waals surface area contributed by atoms with E-state index in [0.717, 1.165) is 26.9 Å². The first kappa shape index (κ1) is 19.3. The molecule has 1 aliphatic rings. The molecule has 1 fully saturated rings. The molecule has 0 spiro atoms. The van der Waals surface area contributed by atoms with Crippen LogP contribution in [0, 0.1) is 6.92 Å². The molecule has 154 valence electrons. The lowest BCUT2D eigenvalue weighted by Crippen LogP contribution is -2.29. The average Bonchev–Trinajstić information content (AvgIpc) is 3.49. The fraction of sp³-hybridized carbons (Fsp3) is 0.120. The van der Waals surface area contributed by atoms with Crippen molar-refractivity contribution in [2.45, 2.75) is 19.5 Å². The Bertz CT molecular complexity index is 1330. The van der Waals surface area contributed by atoms with E-state index in [0.29, 0.717) is 12.1 Å². The van der Waals surface area contributed by atoms with Crippen LogP contribution in [0.5, 0.6) is 0 Å². The highest BCUT2D eigenvalue weighted by Crippen LogP contribution is 2.42. The van der Waals surface area contributed by atoms with E-state index in [2.05, 4.69) is 4.98 Å². The maximum atomic E-state index is 13.2. The number of H-pyrrole nitrogens is 1. The van der Waals surface area contributed by atoms with Gasteiger partial charge in [-0.2, -0.15) is 0 Å². The summed E-state index contributed by atoms with van der Waals surface area (Å²) in [5, 5.41) is 14.1. The lowest BCUT2D eigenvalue weighted by atomic mass is 9.92. The van der Waals surface area contributed by atoms with E-state index >= 15 is 0 Å². The van der Waals surface area contributed by atoms with E-state index in [1.807, 2.05) is 73.0 Å². The third kappa shape index (κ3) is 3.16. The number of hydrogen-bond donors (Lipinski definition) is 2. The summed E-state index contributed by atoms with van der Waals surface area (Å²) in [6, 6.07) is 18.4. The molecule has 0 bridgehead atoms.